The van der Waals surface area contributed by atoms with Crippen LogP contribution in [0.5, 0.6) is 0 Å². The SMILES string of the molecule is C[C@H]1CCCC[C@@H]1NC(=O)CN1CCN(S(=O)(=O)c2cccc(Cl)c2Cl)CC1. The van der Waals surface area contributed by atoms with Gasteiger partial charge in [-0.05, 0) is 30.9 Å². The van der Waals surface area contributed by atoms with Gasteiger partial charge in [0.1, 0.15) is 4.90 Å². The number of rotatable bonds is 5. The zero-order chi connectivity index (χ0) is 20.3. The number of nitrogens with one attached hydrogen (secondary N) is 1. The lowest BCUT2D eigenvalue weighted by molar-refractivity contribution is -0.123. The number of carbonyl (C=O) groups is 1. The van der Waals surface area contributed by atoms with E-state index in [9.17, 15) is 13.2 Å². The van der Waals surface area contributed by atoms with E-state index in [0.29, 0.717) is 38.6 Å². The van der Waals surface area contributed by atoms with Gasteiger partial charge in [-0.2, -0.15) is 4.31 Å². The molecule has 1 saturated carbocycles. The van der Waals surface area contributed by atoms with E-state index in [2.05, 4.69) is 12.2 Å². The number of benzene rings is 1. The Morgan fingerprint density at radius 3 is 2.50 bits per heavy atom. The monoisotopic (exact) mass is 447 g/mol. The van der Waals surface area contributed by atoms with Crippen LogP contribution >= 0.6 is 23.2 Å². The molecule has 156 valence electrons. The number of hydrogen-bond donors (Lipinski definition) is 1. The molecule has 1 aromatic carbocycles. The first-order valence-corrected chi connectivity index (χ1v) is 11.9. The van der Waals surface area contributed by atoms with Gasteiger partial charge in [-0.3, -0.25) is 9.69 Å². The highest BCUT2D eigenvalue weighted by Gasteiger charge is 2.31. The highest BCUT2D eigenvalue weighted by atomic mass is 35.5. The van der Waals surface area contributed by atoms with E-state index in [4.69, 9.17) is 23.2 Å². The molecule has 2 fully saturated rings. The normalized spacial score (nSPS) is 24.8. The van der Waals surface area contributed by atoms with E-state index >= 15 is 0 Å². The molecule has 0 bridgehead atoms. The molecule has 0 spiro atoms. The molecule has 2 aliphatic rings. The van der Waals surface area contributed by atoms with Crippen LogP contribution < -0.4 is 5.32 Å². The number of nitrogens with zero attached hydrogens (tertiary/aromatic N) is 2. The number of piperazine rings is 1. The first-order valence-electron chi connectivity index (χ1n) is 9.75. The Hall–Kier alpha value is -0.860. The number of sulfonamides is 1. The Morgan fingerprint density at radius 2 is 1.82 bits per heavy atom. The quantitative estimate of drug-likeness (QED) is 0.752. The maximum Gasteiger partial charge on any atom is 0.244 e. The van der Waals surface area contributed by atoms with Crippen LogP contribution in [0.15, 0.2) is 23.1 Å². The van der Waals surface area contributed by atoms with Gasteiger partial charge in [0.15, 0.2) is 0 Å². The Kier molecular flexibility index (Phi) is 7.26. The first kappa shape index (κ1) is 21.8. The summed E-state index contributed by atoms with van der Waals surface area (Å²) in [4.78, 5) is 14.4. The molecular weight excluding hydrogens is 421 g/mol. The molecule has 1 heterocycles. The smallest absolute Gasteiger partial charge is 0.244 e. The Labute approximate surface area is 177 Å². The van der Waals surface area contributed by atoms with E-state index < -0.39 is 10.0 Å². The number of hydrogen-bond acceptors (Lipinski definition) is 4. The Morgan fingerprint density at radius 1 is 1.14 bits per heavy atom. The van der Waals surface area contributed by atoms with Crippen LogP contribution in [0.4, 0.5) is 0 Å². The van der Waals surface area contributed by atoms with E-state index in [1.165, 1.54) is 16.8 Å². The van der Waals surface area contributed by atoms with Gasteiger partial charge >= 0.3 is 0 Å². The van der Waals surface area contributed by atoms with Crippen molar-refractivity contribution in [2.24, 2.45) is 5.92 Å². The third-order valence-corrected chi connectivity index (χ3v) is 8.56. The fraction of sp³-hybridized carbons (Fsp3) is 0.632. The van der Waals surface area contributed by atoms with Gasteiger partial charge in [-0.25, -0.2) is 8.42 Å². The molecule has 1 aliphatic heterocycles. The number of carbonyl (C=O) groups excluding carboxylic acids is 1. The second-order valence-electron chi connectivity index (χ2n) is 7.67. The number of amides is 1. The second kappa shape index (κ2) is 9.30. The van der Waals surface area contributed by atoms with Gasteiger partial charge in [0.25, 0.3) is 0 Å². The van der Waals surface area contributed by atoms with Crippen LogP contribution in [-0.4, -0.2) is 62.3 Å². The minimum atomic E-state index is -3.71. The van der Waals surface area contributed by atoms with Crippen molar-refractivity contribution in [3.63, 3.8) is 0 Å². The summed E-state index contributed by atoms with van der Waals surface area (Å²) < 4.78 is 27.2. The lowest BCUT2D eigenvalue weighted by atomic mass is 9.86. The van der Waals surface area contributed by atoms with Gasteiger partial charge in [0.05, 0.1) is 16.6 Å². The average molecular weight is 448 g/mol. The highest BCUT2D eigenvalue weighted by molar-refractivity contribution is 7.89. The molecule has 2 atom stereocenters. The summed E-state index contributed by atoms with van der Waals surface area (Å²) in [6.07, 6.45) is 4.60. The maximum absolute atomic E-state index is 12.9. The average Bonchev–Trinajstić information content (AvgIpc) is 2.66. The van der Waals surface area contributed by atoms with Crippen LogP contribution in [0, 0.1) is 5.92 Å². The van der Waals surface area contributed by atoms with Crippen LogP contribution in [-0.2, 0) is 14.8 Å². The van der Waals surface area contributed by atoms with Crippen molar-refractivity contribution in [3.05, 3.63) is 28.2 Å². The summed E-state index contributed by atoms with van der Waals surface area (Å²) in [5.74, 6) is 0.537. The van der Waals surface area contributed by atoms with Crippen LogP contribution in [0.25, 0.3) is 0 Å². The molecule has 6 nitrogen and oxygen atoms in total. The molecular formula is C19H27Cl2N3O3S. The largest absolute Gasteiger partial charge is 0.352 e. The van der Waals surface area contributed by atoms with Crippen molar-refractivity contribution >= 4 is 39.1 Å². The lowest BCUT2D eigenvalue weighted by Gasteiger charge is -2.35. The standard InChI is InChI=1S/C19H27Cl2N3O3S/c1-14-5-2-3-7-16(14)22-18(25)13-23-9-11-24(12-10-23)28(26,27)17-8-4-6-15(20)19(17)21/h4,6,8,14,16H,2-3,5,7,9-13H2,1H3,(H,22,25)/t14-,16-/m0/s1. The molecule has 0 radical (unpaired) electrons. The third-order valence-electron chi connectivity index (χ3n) is 5.69. The molecule has 28 heavy (non-hydrogen) atoms. The number of halogens is 2. The predicted octanol–water partition coefficient (Wildman–Crippen LogP) is 2.99. The molecule has 3 rings (SSSR count). The van der Waals surface area contributed by atoms with Crippen molar-refractivity contribution in [2.75, 3.05) is 32.7 Å². The summed E-state index contributed by atoms with van der Waals surface area (Å²) in [6, 6.07) is 4.86. The summed E-state index contributed by atoms with van der Waals surface area (Å²) in [5, 5.41) is 3.42. The van der Waals surface area contributed by atoms with Crippen LogP contribution in [0.1, 0.15) is 32.6 Å². The minimum Gasteiger partial charge on any atom is -0.352 e. The van der Waals surface area contributed by atoms with Gasteiger partial charge in [-0.1, -0.05) is 49.0 Å². The maximum atomic E-state index is 12.9. The van der Waals surface area contributed by atoms with Crippen LogP contribution in [0.3, 0.4) is 0 Å². The molecule has 1 saturated heterocycles. The fourth-order valence-corrected chi connectivity index (χ4v) is 6.09. The topological polar surface area (TPSA) is 69.7 Å². The first-order chi connectivity index (χ1) is 13.3. The molecule has 1 aliphatic carbocycles. The van der Waals surface area contributed by atoms with Gasteiger partial charge < -0.3 is 5.32 Å². The van der Waals surface area contributed by atoms with E-state index in [1.807, 2.05) is 4.90 Å². The van der Waals surface area contributed by atoms with Crippen molar-refractivity contribution < 1.29 is 13.2 Å². The summed E-state index contributed by atoms with van der Waals surface area (Å²) in [6.45, 7) is 4.14. The van der Waals surface area contributed by atoms with Gasteiger partial charge in [-0.15, -0.1) is 0 Å². The van der Waals surface area contributed by atoms with E-state index in [1.54, 1.807) is 12.1 Å². The highest BCUT2D eigenvalue weighted by Crippen LogP contribution is 2.31. The molecule has 0 unspecified atom stereocenters. The minimum absolute atomic E-state index is 0.0212. The summed E-state index contributed by atoms with van der Waals surface area (Å²) in [7, 11) is -3.71. The molecule has 1 N–H and O–H groups in total. The third kappa shape index (κ3) is 5.00. The van der Waals surface area contributed by atoms with Gasteiger partial charge in [0, 0.05) is 32.2 Å². The van der Waals surface area contributed by atoms with Crippen molar-refractivity contribution in [3.8, 4) is 0 Å². The Bertz CT molecular complexity index is 811. The summed E-state index contributed by atoms with van der Waals surface area (Å²) >= 11 is 12.1. The molecule has 1 aromatic rings. The fourth-order valence-electron chi connectivity index (χ4n) is 3.94. The van der Waals surface area contributed by atoms with Crippen LogP contribution in [0.2, 0.25) is 10.0 Å². The van der Waals surface area contributed by atoms with Crippen molar-refractivity contribution in [1.29, 1.82) is 0 Å². The van der Waals surface area contributed by atoms with Crippen molar-refractivity contribution in [1.82, 2.24) is 14.5 Å². The zero-order valence-corrected chi connectivity index (χ0v) is 18.4. The zero-order valence-electron chi connectivity index (χ0n) is 16.0. The van der Waals surface area contributed by atoms with Crippen molar-refractivity contribution in [2.45, 2.75) is 43.5 Å². The molecule has 1 amide bonds. The second-order valence-corrected chi connectivity index (χ2v) is 10.4. The molecule has 0 aromatic heterocycles. The predicted molar refractivity (Wildman–Crippen MR) is 111 cm³/mol. The molecule has 9 heteroatoms. The van der Waals surface area contributed by atoms with E-state index in [0.717, 1.165) is 19.3 Å². The van der Waals surface area contributed by atoms with Gasteiger partial charge in [0.2, 0.25) is 15.9 Å². The van der Waals surface area contributed by atoms with E-state index in [-0.39, 0.29) is 26.9 Å². The Balaban J connectivity index is 1.54. The summed E-state index contributed by atoms with van der Waals surface area (Å²) in [5.41, 5.74) is 0. The lowest BCUT2D eigenvalue weighted by Crippen LogP contribution is -2.52.